The molecule has 0 aliphatic heterocycles. The van der Waals surface area contributed by atoms with E-state index >= 15 is 0 Å². The molecule has 0 saturated carbocycles. The number of nitrogens with one attached hydrogen (secondary N) is 1. The van der Waals surface area contributed by atoms with E-state index in [1.165, 1.54) is 18.3 Å². The highest BCUT2D eigenvalue weighted by molar-refractivity contribution is 9.10. The molecule has 2 aromatic rings. The Morgan fingerprint density at radius 2 is 1.70 bits per heavy atom. The van der Waals surface area contributed by atoms with Gasteiger partial charge in [0.1, 0.15) is 11.4 Å². The summed E-state index contributed by atoms with van der Waals surface area (Å²) < 4.78 is 53.2. The minimum absolute atomic E-state index is 0.0538. The summed E-state index contributed by atoms with van der Waals surface area (Å²) in [5.74, 6) is -7.59. The molecule has 0 radical (unpaired) electrons. The van der Waals surface area contributed by atoms with Gasteiger partial charge >= 0.3 is 0 Å². The lowest BCUT2D eigenvalue weighted by atomic mass is 10.2. The van der Waals surface area contributed by atoms with Crippen LogP contribution in [-0.2, 0) is 0 Å². The number of carbonyl (C=O) groups excluding carboxylic acids is 1. The lowest BCUT2D eigenvalue weighted by Gasteiger charge is -2.08. The van der Waals surface area contributed by atoms with Crippen LogP contribution in [0.2, 0.25) is 0 Å². The SMILES string of the molecule is O=C(Nc1c(F)c(F)cc(F)c1F)c1ccc(Br)cn1. The summed E-state index contributed by atoms with van der Waals surface area (Å²) in [5, 5.41) is 1.75. The highest BCUT2D eigenvalue weighted by atomic mass is 79.9. The fourth-order valence-corrected chi connectivity index (χ4v) is 1.61. The molecule has 0 bridgehead atoms. The second kappa shape index (κ2) is 5.58. The Morgan fingerprint density at radius 3 is 2.20 bits per heavy atom. The first kappa shape index (κ1) is 14.4. The van der Waals surface area contributed by atoms with E-state index < -0.39 is 34.9 Å². The molecule has 0 fully saturated rings. The van der Waals surface area contributed by atoms with Crippen molar-refractivity contribution in [2.75, 3.05) is 5.32 Å². The van der Waals surface area contributed by atoms with Gasteiger partial charge in [0.15, 0.2) is 23.3 Å². The van der Waals surface area contributed by atoms with Crippen molar-refractivity contribution in [3.8, 4) is 0 Å². The number of anilines is 1. The third kappa shape index (κ3) is 2.79. The number of nitrogens with zero attached hydrogens (tertiary/aromatic N) is 1. The van der Waals surface area contributed by atoms with Crippen molar-refractivity contribution in [2.45, 2.75) is 0 Å². The third-order valence-corrected chi connectivity index (χ3v) is 2.78. The summed E-state index contributed by atoms with van der Waals surface area (Å²) in [5.41, 5.74) is -1.37. The van der Waals surface area contributed by atoms with E-state index in [1.54, 1.807) is 5.32 Å². The first-order chi connectivity index (χ1) is 9.40. The number of amides is 1. The molecule has 0 aliphatic carbocycles. The fraction of sp³-hybridized carbons (Fsp3) is 0. The Bertz CT molecular complexity index is 650. The average Bonchev–Trinajstić information content (AvgIpc) is 2.42. The molecule has 1 heterocycles. The van der Waals surface area contributed by atoms with Gasteiger partial charge in [-0.3, -0.25) is 4.79 Å². The van der Waals surface area contributed by atoms with Crippen molar-refractivity contribution < 1.29 is 22.4 Å². The van der Waals surface area contributed by atoms with Gasteiger partial charge in [0, 0.05) is 16.7 Å². The molecular weight excluding hydrogens is 344 g/mol. The molecule has 0 unspecified atom stereocenters. The van der Waals surface area contributed by atoms with Gasteiger partial charge in [-0.15, -0.1) is 0 Å². The lowest BCUT2D eigenvalue weighted by molar-refractivity contribution is 0.102. The molecule has 104 valence electrons. The zero-order chi connectivity index (χ0) is 14.9. The number of rotatable bonds is 2. The smallest absolute Gasteiger partial charge is 0.274 e. The number of carbonyl (C=O) groups is 1. The van der Waals surface area contributed by atoms with Crippen LogP contribution in [0, 0.1) is 23.3 Å². The molecule has 0 aliphatic rings. The Morgan fingerprint density at radius 1 is 1.10 bits per heavy atom. The number of hydrogen-bond acceptors (Lipinski definition) is 2. The molecule has 0 atom stereocenters. The maximum absolute atomic E-state index is 13.4. The quantitative estimate of drug-likeness (QED) is 0.664. The Labute approximate surface area is 118 Å². The molecule has 0 saturated heterocycles. The van der Waals surface area contributed by atoms with E-state index in [4.69, 9.17) is 0 Å². The van der Waals surface area contributed by atoms with Crippen LogP contribution >= 0.6 is 15.9 Å². The average molecular weight is 349 g/mol. The zero-order valence-electron chi connectivity index (χ0n) is 9.55. The first-order valence-corrected chi connectivity index (χ1v) is 5.95. The molecule has 1 amide bonds. The highest BCUT2D eigenvalue weighted by Crippen LogP contribution is 2.24. The van der Waals surface area contributed by atoms with Crippen molar-refractivity contribution in [1.82, 2.24) is 4.98 Å². The van der Waals surface area contributed by atoms with Crippen molar-refractivity contribution in [3.63, 3.8) is 0 Å². The fourth-order valence-electron chi connectivity index (χ4n) is 1.37. The number of aromatic nitrogens is 1. The first-order valence-electron chi connectivity index (χ1n) is 5.16. The molecule has 1 aromatic carbocycles. The van der Waals surface area contributed by atoms with Gasteiger partial charge in [-0.25, -0.2) is 22.5 Å². The molecular formula is C12H5BrF4N2O. The van der Waals surface area contributed by atoms with Crippen LogP contribution in [0.3, 0.4) is 0 Å². The summed E-state index contributed by atoms with van der Waals surface area (Å²) in [6, 6.07) is 2.80. The predicted octanol–water partition coefficient (Wildman–Crippen LogP) is 3.65. The van der Waals surface area contributed by atoms with Gasteiger partial charge in [-0.05, 0) is 28.1 Å². The van der Waals surface area contributed by atoms with Gasteiger partial charge in [0.2, 0.25) is 0 Å². The van der Waals surface area contributed by atoms with Crippen molar-refractivity contribution >= 4 is 27.5 Å². The summed E-state index contributed by atoms with van der Waals surface area (Å²) in [6.07, 6.45) is 1.29. The van der Waals surface area contributed by atoms with Crippen LogP contribution in [0.5, 0.6) is 0 Å². The Kier molecular flexibility index (Phi) is 4.03. The molecule has 3 nitrogen and oxygen atoms in total. The topological polar surface area (TPSA) is 42.0 Å². The van der Waals surface area contributed by atoms with E-state index in [0.717, 1.165) is 0 Å². The van der Waals surface area contributed by atoms with Gasteiger partial charge in [-0.2, -0.15) is 0 Å². The molecule has 1 N–H and O–H groups in total. The van der Waals surface area contributed by atoms with Gasteiger partial charge < -0.3 is 5.32 Å². The highest BCUT2D eigenvalue weighted by Gasteiger charge is 2.21. The van der Waals surface area contributed by atoms with Crippen molar-refractivity contribution in [1.29, 1.82) is 0 Å². The van der Waals surface area contributed by atoms with E-state index in [2.05, 4.69) is 20.9 Å². The van der Waals surface area contributed by atoms with Crippen LogP contribution in [0.1, 0.15) is 10.5 Å². The summed E-state index contributed by atoms with van der Waals surface area (Å²) >= 11 is 3.09. The van der Waals surface area contributed by atoms with Gasteiger partial charge in [-0.1, -0.05) is 0 Å². The monoisotopic (exact) mass is 348 g/mol. The molecule has 1 aromatic heterocycles. The second-order valence-electron chi connectivity index (χ2n) is 3.66. The van der Waals surface area contributed by atoms with Crippen LogP contribution in [0.4, 0.5) is 23.2 Å². The van der Waals surface area contributed by atoms with E-state index in [9.17, 15) is 22.4 Å². The standard InChI is InChI=1S/C12H5BrF4N2O/c13-5-1-2-8(18-4-5)12(20)19-11-9(16)6(14)3-7(15)10(11)17/h1-4H,(H,19,20). The Hall–Kier alpha value is -1.96. The molecule has 8 heteroatoms. The predicted molar refractivity (Wildman–Crippen MR) is 66.2 cm³/mol. The van der Waals surface area contributed by atoms with Crippen LogP contribution in [0.15, 0.2) is 28.9 Å². The lowest BCUT2D eigenvalue weighted by Crippen LogP contribution is -2.17. The third-order valence-electron chi connectivity index (χ3n) is 2.31. The number of halogens is 5. The van der Waals surface area contributed by atoms with Crippen LogP contribution in [-0.4, -0.2) is 10.9 Å². The summed E-state index contributed by atoms with van der Waals surface area (Å²) in [7, 11) is 0. The summed E-state index contributed by atoms with van der Waals surface area (Å²) in [6.45, 7) is 0. The largest absolute Gasteiger partial charge is 0.316 e. The van der Waals surface area contributed by atoms with E-state index in [-0.39, 0.29) is 11.8 Å². The van der Waals surface area contributed by atoms with Crippen LogP contribution < -0.4 is 5.32 Å². The van der Waals surface area contributed by atoms with E-state index in [0.29, 0.717) is 4.47 Å². The number of pyridine rings is 1. The molecule has 20 heavy (non-hydrogen) atoms. The minimum Gasteiger partial charge on any atom is -0.316 e. The zero-order valence-corrected chi connectivity index (χ0v) is 11.1. The normalized spacial score (nSPS) is 10.4. The maximum atomic E-state index is 13.4. The molecule has 0 spiro atoms. The van der Waals surface area contributed by atoms with Crippen LogP contribution in [0.25, 0.3) is 0 Å². The number of benzene rings is 1. The van der Waals surface area contributed by atoms with Crippen molar-refractivity contribution in [2.24, 2.45) is 0 Å². The minimum atomic E-state index is -1.69. The maximum Gasteiger partial charge on any atom is 0.274 e. The Balaban J connectivity index is 2.35. The van der Waals surface area contributed by atoms with E-state index in [1.807, 2.05) is 0 Å². The molecule has 2 rings (SSSR count). The van der Waals surface area contributed by atoms with Gasteiger partial charge in [0.05, 0.1) is 0 Å². The number of hydrogen-bond donors (Lipinski definition) is 1. The van der Waals surface area contributed by atoms with Gasteiger partial charge in [0.25, 0.3) is 5.91 Å². The van der Waals surface area contributed by atoms with Crippen molar-refractivity contribution in [3.05, 3.63) is 57.8 Å². The second-order valence-corrected chi connectivity index (χ2v) is 4.57. The summed E-state index contributed by atoms with van der Waals surface area (Å²) in [4.78, 5) is 15.4.